The van der Waals surface area contributed by atoms with Crippen LogP contribution in [0.25, 0.3) is 0 Å². The lowest BCUT2D eigenvalue weighted by atomic mass is 10.1. The summed E-state index contributed by atoms with van der Waals surface area (Å²) in [5, 5.41) is 4.44. The van der Waals surface area contributed by atoms with Crippen LogP contribution in [0.3, 0.4) is 0 Å². The molecule has 0 unspecified atom stereocenters. The highest BCUT2D eigenvalue weighted by molar-refractivity contribution is 7.79. The molecule has 3 aromatic rings. The molecule has 33 heavy (non-hydrogen) atoms. The lowest BCUT2D eigenvalue weighted by molar-refractivity contribution is 0.135. The minimum absolute atomic E-state index is 0.148. The standard InChI is InChI=1S/C27H30NO4P/c1-2-12-25(33(30,22-15-8-4-9-16-22)23-17-10-5-11-18-23)26-24(32-26)20-31-27(29)28-19-21-13-6-3-7-14-21/h3-11,13-18,24-26H,2,12,19-20H2,1H3,(H,28,29)/t24-,25-,26+/m0/s1. The molecular formula is C27H30NO4P. The molecule has 0 radical (unpaired) electrons. The minimum atomic E-state index is -2.96. The first-order valence-corrected chi connectivity index (χ1v) is 13.2. The molecule has 5 nitrogen and oxygen atoms in total. The van der Waals surface area contributed by atoms with Crippen molar-refractivity contribution in [1.29, 1.82) is 0 Å². The van der Waals surface area contributed by atoms with Gasteiger partial charge in [-0.25, -0.2) is 4.79 Å². The monoisotopic (exact) mass is 463 g/mol. The number of alkyl carbamates (subject to hydrolysis) is 1. The number of epoxide rings is 1. The second kappa shape index (κ2) is 10.8. The van der Waals surface area contributed by atoms with Gasteiger partial charge >= 0.3 is 6.09 Å². The lowest BCUT2D eigenvalue weighted by Gasteiger charge is -2.28. The predicted molar refractivity (Wildman–Crippen MR) is 132 cm³/mol. The first-order valence-electron chi connectivity index (χ1n) is 11.4. The van der Waals surface area contributed by atoms with Gasteiger partial charge in [-0.15, -0.1) is 0 Å². The Kier molecular flexibility index (Phi) is 7.64. The Balaban J connectivity index is 1.44. The Morgan fingerprint density at radius 2 is 1.48 bits per heavy atom. The average molecular weight is 464 g/mol. The van der Waals surface area contributed by atoms with Crippen molar-refractivity contribution in [3.05, 3.63) is 96.6 Å². The van der Waals surface area contributed by atoms with Crippen LogP contribution < -0.4 is 15.9 Å². The number of nitrogens with one attached hydrogen (secondary N) is 1. The third-order valence-corrected chi connectivity index (χ3v) is 9.61. The van der Waals surface area contributed by atoms with Crippen LogP contribution in [0.15, 0.2) is 91.0 Å². The van der Waals surface area contributed by atoms with Crippen molar-refractivity contribution in [2.45, 2.75) is 44.2 Å². The van der Waals surface area contributed by atoms with Gasteiger partial charge in [0, 0.05) is 22.8 Å². The molecule has 3 aromatic carbocycles. The van der Waals surface area contributed by atoms with Crippen molar-refractivity contribution < 1.29 is 18.8 Å². The smallest absolute Gasteiger partial charge is 0.407 e. The molecule has 1 amide bonds. The topological polar surface area (TPSA) is 67.9 Å². The van der Waals surface area contributed by atoms with Crippen LogP contribution in [0.2, 0.25) is 0 Å². The Labute approximate surface area is 195 Å². The van der Waals surface area contributed by atoms with Crippen LogP contribution in [-0.4, -0.2) is 30.6 Å². The van der Waals surface area contributed by atoms with E-state index < -0.39 is 13.2 Å². The molecule has 4 rings (SSSR count). The fourth-order valence-corrected chi connectivity index (χ4v) is 7.88. The van der Waals surface area contributed by atoms with Crippen molar-refractivity contribution in [3.8, 4) is 0 Å². The Morgan fingerprint density at radius 3 is 2.03 bits per heavy atom. The summed E-state index contributed by atoms with van der Waals surface area (Å²) in [7, 11) is -2.96. The van der Waals surface area contributed by atoms with Gasteiger partial charge in [0.1, 0.15) is 19.9 Å². The Hall–Kier alpha value is -2.88. The van der Waals surface area contributed by atoms with E-state index in [-0.39, 0.29) is 24.5 Å². The molecule has 6 heteroatoms. The predicted octanol–water partition coefficient (Wildman–Crippen LogP) is 4.86. The van der Waals surface area contributed by atoms with Gasteiger partial charge in [0.15, 0.2) is 0 Å². The number of amides is 1. The number of benzene rings is 3. The first kappa shape index (κ1) is 23.3. The van der Waals surface area contributed by atoms with Crippen LogP contribution in [-0.2, 0) is 20.6 Å². The van der Waals surface area contributed by atoms with Gasteiger partial charge in [-0.1, -0.05) is 104 Å². The second-order valence-corrected chi connectivity index (χ2v) is 11.3. The SMILES string of the molecule is CCC[C@@H]([C@@H]1O[C@H]1COC(=O)NCc1ccccc1)P(=O)(c1ccccc1)c1ccccc1. The van der Waals surface area contributed by atoms with Crippen molar-refractivity contribution in [2.24, 2.45) is 0 Å². The van der Waals surface area contributed by atoms with E-state index in [1.54, 1.807) is 0 Å². The number of hydrogen-bond acceptors (Lipinski definition) is 4. The Bertz CT molecular complexity index is 1030. The summed E-state index contributed by atoms with van der Waals surface area (Å²) in [6, 6.07) is 29.1. The van der Waals surface area contributed by atoms with Crippen molar-refractivity contribution in [2.75, 3.05) is 6.61 Å². The number of carbonyl (C=O) groups excluding carboxylic acids is 1. The van der Waals surface area contributed by atoms with E-state index in [0.717, 1.165) is 29.0 Å². The summed E-state index contributed by atoms with van der Waals surface area (Å²) in [4.78, 5) is 12.1. The summed E-state index contributed by atoms with van der Waals surface area (Å²) < 4.78 is 26.1. The lowest BCUT2D eigenvalue weighted by Crippen LogP contribution is -2.31. The number of hydrogen-bond donors (Lipinski definition) is 1. The van der Waals surface area contributed by atoms with Gasteiger partial charge in [-0.2, -0.15) is 0 Å². The second-order valence-electron chi connectivity index (χ2n) is 8.26. The highest BCUT2D eigenvalue weighted by Crippen LogP contribution is 2.55. The summed E-state index contributed by atoms with van der Waals surface area (Å²) in [5.74, 6) is 0. The van der Waals surface area contributed by atoms with Crippen molar-refractivity contribution >= 4 is 23.8 Å². The largest absolute Gasteiger partial charge is 0.447 e. The zero-order valence-corrected chi connectivity index (χ0v) is 19.7. The van der Waals surface area contributed by atoms with Crippen molar-refractivity contribution in [3.63, 3.8) is 0 Å². The van der Waals surface area contributed by atoms with Crippen LogP contribution in [0, 0.1) is 0 Å². The molecule has 1 aliphatic heterocycles. The molecule has 3 atom stereocenters. The summed E-state index contributed by atoms with van der Waals surface area (Å²) in [5.41, 5.74) is 0.831. The number of carbonyl (C=O) groups is 1. The maximum atomic E-state index is 14.7. The van der Waals surface area contributed by atoms with E-state index in [1.165, 1.54) is 0 Å². The van der Waals surface area contributed by atoms with Gasteiger partial charge in [-0.05, 0) is 12.0 Å². The molecule has 1 heterocycles. The van der Waals surface area contributed by atoms with E-state index in [4.69, 9.17) is 9.47 Å². The molecule has 0 saturated carbocycles. The van der Waals surface area contributed by atoms with Gasteiger partial charge in [0.05, 0.1) is 6.10 Å². The molecule has 0 spiro atoms. The molecule has 172 valence electrons. The highest BCUT2D eigenvalue weighted by Gasteiger charge is 2.53. The van der Waals surface area contributed by atoms with E-state index in [9.17, 15) is 9.36 Å². The van der Waals surface area contributed by atoms with Crippen LogP contribution in [0.1, 0.15) is 25.3 Å². The van der Waals surface area contributed by atoms with Crippen LogP contribution >= 0.6 is 7.14 Å². The molecule has 1 fully saturated rings. The summed E-state index contributed by atoms with van der Waals surface area (Å²) in [6.45, 7) is 2.65. The third-order valence-electron chi connectivity index (χ3n) is 5.99. The Morgan fingerprint density at radius 1 is 0.939 bits per heavy atom. The van der Waals surface area contributed by atoms with E-state index in [0.29, 0.717) is 6.54 Å². The number of rotatable bonds is 10. The van der Waals surface area contributed by atoms with E-state index in [2.05, 4.69) is 12.2 Å². The molecule has 1 saturated heterocycles. The third kappa shape index (κ3) is 5.55. The molecular weight excluding hydrogens is 433 g/mol. The molecule has 1 aliphatic rings. The number of ether oxygens (including phenoxy) is 2. The molecule has 1 N–H and O–H groups in total. The fourth-order valence-electron chi connectivity index (χ4n) is 4.29. The maximum absolute atomic E-state index is 14.7. The quantitative estimate of drug-likeness (QED) is 0.344. The molecule has 0 bridgehead atoms. The zero-order valence-electron chi connectivity index (χ0n) is 18.8. The van der Waals surface area contributed by atoms with E-state index in [1.807, 2.05) is 91.0 Å². The average Bonchev–Trinajstić information content (AvgIpc) is 3.65. The maximum Gasteiger partial charge on any atom is 0.407 e. The first-order chi connectivity index (χ1) is 16.1. The van der Waals surface area contributed by atoms with Crippen LogP contribution in [0.5, 0.6) is 0 Å². The summed E-state index contributed by atoms with van der Waals surface area (Å²) in [6.07, 6.45) is 0.722. The van der Waals surface area contributed by atoms with Gasteiger partial charge in [0.2, 0.25) is 0 Å². The fraction of sp³-hybridized carbons (Fsp3) is 0.296. The van der Waals surface area contributed by atoms with Gasteiger partial charge < -0.3 is 19.4 Å². The summed E-state index contributed by atoms with van der Waals surface area (Å²) >= 11 is 0. The van der Waals surface area contributed by atoms with Crippen molar-refractivity contribution in [1.82, 2.24) is 5.32 Å². The highest BCUT2D eigenvalue weighted by atomic mass is 31.2. The molecule has 0 aliphatic carbocycles. The van der Waals surface area contributed by atoms with E-state index >= 15 is 0 Å². The van der Waals surface area contributed by atoms with Gasteiger partial charge in [-0.3, -0.25) is 0 Å². The molecule has 0 aromatic heterocycles. The van der Waals surface area contributed by atoms with Gasteiger partial charge in [0.25, 0.3) is 0 Å². The zero-order chi connectivity index (χ0) is 23.1. The minimum Gasteiger partial charge on any atom is -0.447 e. The normalized spacial score (nSPS) is 18.3. The van der Waals surface area contributed by atoms with Crippen LogP contribution in [0.4, 0.5) is 4.79 Å².